The van der Waals surface area contributed by atoms with Crippen LogP contribution in [0.25, 0.3) is 0 Å². The minimum Gasteiger partial charge on any atom is -0.461 e. The second-order valence-corrected chi connectivity index (χ2v) is 5.59. The summed E-state index contributed by atoms with van der Waals surface area (Å²) in [4.78, 5) is 17.6. The number of hydrogen-bond acceptors (Lipinski definition) is 9. The Bertz CT molecular complexity index is 572. The van der Waals surface area contributed by atoms with Crippen molar-refractivity contribution in [3.05, 3.63) is 16.1 Å². The first kappa shape index (κ1) is 14.4. The van der Waals surface area contributed by atoms with E-state index in [9.17, 15) is 0 Å². The molecule has 0 aliphatic carbocycles. The number of anilines is 2. The molecule has 4 N–H and O–H groups in total. The molecule has 0 atom stereocenters. The molecule has 2 heterocycles. The number of ether oxygens (including phenoxy) is 1. The largest absolute Gasteiger partial charge is 0.461 e. The maximum absolute atomic E-state index is 5.45. The van der Waals surface area contributed by atoms with Gasteiger partial charge in [-0.15, -0.1) is 11.3 Å². The van der Waals surface area contributed by atoms with E-state index in [2.05, 4.69) is 30.7 Å². The summed E-state index contributed by atoms with van der Waals surface area (Å²) in [6, 6.07) is 0.228. The van der Waals surface area contributed by atoms with Crippen LogP contribution in [0.2, 0.25) is 0 Å². The first-order chi connectivity index (χ1) is 9.56. The second kappa shape index (κ2) is 6.44. The average Bonchev–Trinajstić information content (AvgIpc) is 2.81. The lowest BCUT2D eigenvalue weighted by Gasteiger charge is -2.10. The molecule has 0 aliphatic rings. The fraction of sp³-hybridized carbons (Fsp3) is 0.455. The van der Waals surface area contributed by atoms with Crippen molar-refractivity contribution in [1.82, 2.24) is 19.9 Å². The monoisotopic (exact) mass is 295 g/mol. The van der Waals surface area contributed by atoms with Gasteiger partial charge in [-0.25, -0.2) is 10.8 Å². The highest BCUT2D eigenvalue weighted by molar-refractivity contribution is 7.11. The zero-order valence-electron chi connectivity index (χ0n) is 11.5. The first-order valence-electron chi connectivity index (χ1n) is 6.11. The SMILES string of the molecule is Cc1ncc(CNc2nc(NN)nc(OC(C)C)n2)s1. The number of hydrazine groups is 1. The molecule has 0 unspecified atom stereocenters. The summed E-state index contributed by atoms with van der Waals surface area (Å²) in [7, 11) is 0. The predicted octanol–water partition coefficient (Wildman–Crippen LogP) is 1.32. The topological polar surface area (TPSA) is 111 Å². The fourth-order valence-electron chi connectivity index (χ4n) is 1.42. The van der Waals surface area contributed by atoms with E-state index in [0.29, 0.717) is 12.5 Å². The molecule has 0 radical (unpaired) electrons. The second-order valence-electron chi connectivity index (χ2n) is 4.28. The van der Waals surface area contributed by atoms with Gasteiger partial charge in [-0.1, -0.05) is 0 Å². The van der Waals surface area contributed by atoms with Gasteiger partial charge in [0.2, 0.25) is 11.9 Å². The van der Waals surface area contributed by atoms with Crippen LogP contribution < -0.4 is 21.3 Å². The summed E-state index contributed by atoms with van der Waals surface area (Å²) in [5.41, 5.74) is 2.39. The number of thiazole rings is 1. The molecule has 0 amide bonds. The van der Waals surface area contributed by atoms with Crippen LogP contribution >= 0.6 is 11.3 Å². The van der Waals surface area contributed by atoms with Crippen molar-refractivity contribution in [2.24, 2.45) is 5.84 Å². The summed E-state index contributed by atoms with van der Waals surface area (Å²) in [6.45, 7) is 6.34. The van der Waals surface area contributed by atoms with Gasteiger partial charge in [0, 0.05) is 11.1 Å². The van der Waals surface area contributed by atoms with Gasteiger partial charge in [-0.05, 0) is 20.8 Å². The molecule has 8 nitrogen and oxygen atoms in total. The number of aryl methyl sites for hydroxylation is 1. The number of nitrogen functional groups attached to an aromatic ring is 1. The number of nitrogens with zero attached hydrogens (tertiary/aromatic N) is 4. The Hall–Kier alpha value is -2.00. The van der Waals surface area contributed by atoms with Crippen LogP contribution in [0.1, 0.15) is 23.7 Å². The highest BCUT2D eigenvalue weighted by Crippen LogP contribution is 2.15. The van der Waals surface area contributed by atoms with Gasteiger partial charge in [0.25, 0.3) is 0 Å². The molecule has 0 saturated heterocycles. The van der Waals surface area contributed by atoms with Crippen LogP contribution in [-0.4, -0.2) is 26.0 Å². The summed E-state index contributed by atoms with van der Waals surface area (Å²) < 4.78 is 5.45. The summed E-state index contributed by atoms with van der Waals surface area (Å²) in [6.07, 6.45) is 1.79. The van der Waals surface area contributed by atoms with Gasteiger partial charge in [0.05, 0.1) is 17.7 Å². The third-order valence-corrected chi connectivity index (χ3v) is 3.09. The van der Waals surface area contributed by atoms with E-state index in [-0.39, 0.29) is 18.1 Å². The first-order valence-corrected chi connectivity index (χ1v) is 6.93. The molecule has 2 rings (SSSR count). The summed E-state index contributed by atoms with van der Waals surface area (Å²) in [5, 5.41) is 4.11. The molecule has 0 saturated carbocycles. The van der Waals surface area contributed by atoms with E-state index in [1.165, 1.54) is 0 Å². The van der Waals surface area contributed by atoms with Crippen molar-refractivity contribution in [3.63, 3.8) is 0 Å². The van der Waals surface area contributed by atoms with Gasteiger partial charge in [0.1, 0.15) is 0 Å². The molecule has 2 aromatic rings. The van der Waals surface area contributed by atoms with Crippen molar-refractivity contribution in [3.8, 4) is 6.01 Å². The minimum absolute atomic E-state index is 0.0278. The van der Waals surface area contributed by atoms with Crippen molar-refractivity contribution in [2.75, 3.05) is 10.7 Å². The quantitative estimate of drug-likeness (QED) is 0.540. The highest BCUT2D eigenvalue weighted by Gasteiger charge is 2.08. The molecule has 108 valence electrons. The molecular weight excluding hydrogens is 278 g/mol. The van der Waals surface area contributed by atoms with Crippen LogP contribution in [0.15, 0.2) is 6.20 Å². The van der Waals surface area contributed by atoms with Gasteiger partial charge in [-0.2, -0.15) is 15.0 Å². The lowest BCUT2D eigenvalue weighted by atomic mass is 10.5. The maximum atomic E-state index is 5.45. The molecule has 20 heavy (non-hydrogen) atoms. The Labute approximate surface area is 120 Å². The van der Waals surface area contributed by atoms with Crippen LogP contribution in [0.5, 0.6) is 6.01 Å². The normalized spacial score (nSPS) is 10.7. The Balaban J connectivity index is 2.09. The van der Waals surface area contributed by atoms with Crippen LogP contribution in [-0.2, 0) is 6.54 Å². The molecule has 0 fully saturated rings. The van der Waals surface area contributed by atoms with Gasteiger partial charge < -0.3 is 10.1 Å². The van der Waals surface area contributed by atoms with Crippen molar-refractivity contribution in [1.29, 1.82) is 0 Å². The fourth-order valence-corrected chi connectivity index (χ4v) is 2.15. The molecule has 0 aromatic carbocycles. The maximum Gasteiger partial charge on any atom is 0.323 e. The van der Waals surface area contributed by atoms with Crippen molar-refractivity contribution in [2.45, 2.75) is 33.4 Å². The van der Waals surface area contributed by atoms with E-state index in [0.717, 1.165) is 9.88 Å². The molecule has 0 aliphatic heterocycles. The lowest BCUT2D eigenvalue weighted by Crippen LogP contribution is -2.16. The zero-order valence-corrected chi connectivity index (χ0v) is 12.4. The number of hydrogen-bond donors (Lipinski definition) is 3. The van der Waals surface area contributed by atoms with E-state index in [1.807, 2.05) is 27.0 Å². The number of aromatic nitrogens is 4. The third kappa shape index (κ3) is 4.00. The Morgan fingerprint density at radius 1 is 1.30 bits per heavy atom. The smallest absolute Gasteiger partial charge is 0.323 e. The average molecular weight is 295 g/mol. The van der Waals surface area contributed by atoms with E-state index in [1.54, 1.807) is 11.3 Å². The summed E-state index contributed by atoms with van der Waals surface area (Å²) >= 11 is 1.62. The van der Waals surface area contributed by atoms with Gasteiger partial charge >= 0.3 is 6.01 Å². The lowest BCUT2D eigenvalue weighted by molar-refractivity contribution is 0.222. The predicted molar refractivity (Wildman–Crippen MR) is 77.6 cm³/mol. The van der Waals surface area contributed by atoms with Crippen LogP contribution in [0, 0.1) is 6.92 Å². The Kier molecular flexibility index (Phi) is 4.64. The van der Waals surface area contributed by atoms with Crippen molar-refractivity contribution < 1.29 is 4.74 Å². The molecule has 9 heteroatoms. The molecular formula is C11H17N7OS. The molecule has 2 aromatic heterocycles. The Morgan fingerprint density at radius 3 is 2.65 bits per heavy atom. The minimum atomic E-state index is -0.0278. The van der Waals surface area contributed by atoms with Crippen molar-refractivity contribution >= 4 is 23.2 Å². The van der Waals surface area contributed by atoms with E-state index in [4.69, 9.17) is 10.6 Å². The van der Waals surface area contributed by atoms with Gasteiger partial charge in [0.15, 0.2) is 0 Å². The Morgan fingerprint density at radius 2 is 2.05 bits per heavy atom. The number of nitrogens with two attached hydrogens (primary N) is 1. The van der Waals surface area contributed by atoms with E-state index < -0.39 is 0 Å². The van der Waals surface area contributed by atoms with E-state index >= 15 is 0 Å². The third-order valence-electron chi connectivity index (χ3n) is 2.17. The standard InChI is InChI=1S/C11H17N7OS/c1-6(2)19-11-16-9(15-10(17-11)18-12)14-5-8-4-13-7(3)20-8/h4,6H,5,12H2,1-3H3,(H2,14,15,16,17,18). The number of nitrogens with one attached hydrogen (secondary N) is 2. The highest BCUT2D eigenvalue weighted by atomic mass is 32.1. The van der Waals surface area contributed by atoms with Crippen LogP contribution in [0.4, 0.5) is 11.9 Å². The molecule has 0 bridgehead atoms. The van der Waals surface area contributed by atoms with Crippen LogP contribution in [0.3, 0.4) is 0 Å². The number of rotatable bonds is 6. The van der Waals surface area contributed by atoms with Gasteiger partial charge in [-0.3, -0.25) is 5.43 Å². The zero-order chi connectivity index (χ0) is 14.5. The molecule has 0 spiro atoms. The summed E-state index contributed by atoms with van der Waals surface area (Å²) in [5.74, 6) is 5.98.